The van der Waals surface area contributed by atoms with Gasteiger partial charge in [0, 0.05) is 35.3 Å². The van der Waals surface area contributed by atoms with Crippen LogP contribution in [-0.4, -0.2) is 29.0 Å². The zero-order valence-corrected chi connectivity index (χ0v) is 18.9. The Morgan fingerprint density at radius 3 is 2.44 bits per heavy atom. The zero-order valence-electron chi connectivity index (χ0n) is 18.1. The van der Waals surface area contributed by atoms with Crippen LogP contribution in [0.15, 0.2) is 48.5 Å². The Balaban J connectivity index is 1.42. The molecule has 3 N–H and O–H groups in total. The van der Waals surface area contributed by atoms with E-state index in [0.717, 1.165) is 49.7 Å². The third-order valence-corrected chi connectivity index (χ3v) is 6.61. The maximum absolute atomic E-state index is 13.0. The molecule has 2 aliphatic rings. The molecule has 0 saturated heterocycles. The summed E-state index contributed by atoms with van der Waals surface area (Å²) in [4.78, 5) is 27.3. The predicted octanol–water partition coefficient (Wildman–Crippen LogP) is 5.10. The van der Waals surface area contributed by atoms with Crippen LogP contribution >= 0.6 is 11.6 Å². The minimum absolute atomic E-state index is 0.138. The van der Waals surface area contributed by atoms with Crippen LogP contribution in [0, 0.1) is 5.92 Å². The summed E-state index contributed by atoms with van der Waals surface area (Å²) in [5, 5.41) is 3.34. The number of nitrogens with one attached hydrogen (secondary N) is 1. The maximum Gasteiger partial charge on any atom is 0.411 e. The number of hydrogen-bond acceptors (Lipinski definition) is 4. The largest absolute Gasteiger partial charge is 0.444 e. The Hall–Kier alpha value is -2.57. The Bertz CT molecular complexity index is 941. The summed E-state index contributed by atoms with van der Waals surface area (Å²) in [6, 6.07) is 15.2. The molecule has 2 aromatic carbocycles. The van der Waals surface area contributed by atoms with Crippen molar-refractivity contribution in [3.63, 3.8) is 0 Å². The molecule has 170 valence electrons. The van der Waals surface area contributed by atoms with Crippen LogP contribution < -0.4 is 11.1 Å². The lowest BCUT2D eigenvalue weighted by molar-refractivity contribution is -0.136. The van der Waals surface area contributed by atoms with E-state index in [9.17, 15) is 9.59 Å². The molecule has 2 aliphatic carbocycles. The molecule has 0 radical (unpaired) electrons. The molecule has 0 aliphatic heterocycles. The lowest BCUT2D eigenvalue weighted by Gasteiger charge is -2.36. The van der Waals surface area contributed by atoms with Gasteiger partial charge in [0.2, 0.25) is 5.91 Å². The number of carbonyl (C=O) groups is 2. The second-order valence-electron chi connectivity index (χ2n) is 8.80. The van der Waals surface area contributed by atoms with Gasteiger partial charge in [0.15, 0.2) is 0 Å². The van der Waals surface area contributed by atoms with E-state index in [4.69, 9.17) is 22.1 Å². The summed E-state index contributed by atoms with van der Waals surface area (Å²) < 4.78 is 5.31. The fourth-order valence-corrected chi connectivity index (χ4v) is 4.38. The molecule has 0 unspecified atom stereocenters. The van der Waals surface area contributed by atoms with Gasteiger partial charge in [-0.15, -0.1) is 0 Å². The van der Waals surface area contributed by atoms with Crippen molar-refractivity contribution in [1.82, 2.24) is 4.90 Å². The fourth-order valence-electron chi connectivity index (χ4n) is 4.20. The van der Waals surface area contributed by atoms with Crippen LogP contribution in [0.2, 0.25) is 5.02 Å². The highest BCUT2D eigenvalue weighted by Crippen LogP contribution is 2.35. The van der Waals surface area contributed by atoms with Crippen molar-refractivity contribution in [2.45, 2.75) is 63.8 Å². The number of halogens is 1. The lowest BCUT2D eigenvalue weighted by atomic mass is 9.90. The van der Waals surface area contributed by atoms with Crippen LogP contribution in [-0.2, 0) is 22.7 Å². The van der Waals surface area contributed by atoms with Crippen molar-refractivity contribution in [1.29, 1.82) is 0 Å². The van der Waals surface area contributed by atoms with Crippen molar-refractivity contribution in [3.05, 3.63) is 64.7 Å². The normalized spacial score (nSPS) is 20.4. The van der Waals surface area contributed by atoms with Gasteiger partial charge in [0.1, 0.15) is 6.61 Å². The van der Waals surface area contributed by atoms with E-state index in [1.54, 1.807) is 12.1 Å². The summed E-state index contributed by atoms with van der Waals surface area (Å²) in [5.74, 6) is 0.348. The first-order chi connectivity index (χ1) is 15.5. The lowest BCUT2D eigenvalue weighted by Crippen LogP contribution is -2.44. The monoisotopic (exact) mass is 455 g/mol. The Labute approximate surface area is 194 Å². The average molecular weight is 456 g/mol. The number of nitrogens with two attached hydrogens (primary N) is 1. The number of hydrogen-bond donors (Lipinski definition) is 2. The highest BCUT2D eigenvalue weighted by atomic mass is 35.5. The second-order valence-corrected chi connectivity index (χ2v) is 9.21. The van der Waals surface area contributed by atoms with Crippen LogP contribution in [0.1, 0.15) is 49.7 Å². The SMILES string of the molecule is NC1CCC(N(Cc2cc(NC(=O)OCc3ccccc3)ccc2Cl)C(=O)C2CC2)CC1. The minimum atomic E-state index is -0.533. The summed E-state index contributed by atoms with van der Waals surface area (Å²) in [7, 11) is 0. The summed E-state index contributed by atoms with van der Waals surface area (Å²) in [5.41, 5.74) is 8.40. The number of amides is 2. The van der Waals surface area contributed by atoms with E-state index in [2.05, 4.69) is 5.32 Å². The number of ether oxygens (including phenoxy) is 1. The molecule has 0 atom stereocenters. The van der Waals surface area contributed by atoms with Crippen molar-refractivity contribution >= 4 is 29.3 Å². The maximum atomic E-state index is 13.0. The average Bonchev–Trinajstić information content (AvgIpc) is 3.65. The van der Waals surface area contributed by atoms with Gasteiger partial charge in [-0.1, -0.05) is 41.9 Å². The minimum Gasteiger partial charge on any atom is -0.444 e. The molecule has 0 spiro atoms. The highest BCUT2D eigenvalue weighted by molar-refractivity contribution is 6.31. The molecular formula is C25H30ClN3O3. The van der Waals surface area contributed by atoms with E-state index in [1.165, 1.54) is 0 Å². The third kappa shape index (κ3) is 6.02. The number of rotatable bonds is 7. The highest BCUT2D eigenvalue weighted by Gasteiger charge is 2.37. The van der Waals surface area contributed by atoms with Gasteiger partial charge >= 0.3 is 6.09 Å². The summed E-state index contributed by atoms with van der Waals surface area (Å²) >= 11 is 6.48. The molecule has 2 saturated carbocycles. The topological polar surface area (TPSA) is 84.7 Å². The molecular weight excluding hydrogens is 426 g/mol. The van der Waals surface area contributed by atoms with Gasteiger partial charge in [0.25, 0.3) is 0 Å². The third-order valence-electron chi connectivity index (χ3n) is 6.24. The van der Waals surface area contributed by atoms with Gasteiger partial charge in [-0.25, -0.2) is 4.79 Å². The molecule has 4 rings (SSSR count). The number of anilines is 1. The molecule has 2 fully saturated rings. The van der Waals surface area contributed by atoms with E-state index >= 15 is 0 Å². The second kappa shape index (κ2) is 10.4. The van der Waals surface area contributed by atoms with E-state index in [-0.39, 0.29) is 30.5 Å². The van der Waals surface area contributed by atoms with Crippen molar-refractivity contribution < 1.29 is 14.3 Å². The number of nitrogens with zero attached hydrogens (tertiary/aromatic N) is 1. The van der Waals surface area contributed by atoms with E-state index < -0.39 is 6.09 Å². The van der Waals surface area contributed by atoms with Gasteiger partial charge < -0.3 is 15.4 Å². The first-order valence-electron chi connectivity index (χ1n) is 11.3. The molecule has 0 bridgehead atoms. The molecule has 0 aromatic heterocycles. The van der Waals surface area contributed by atoms with Gasteiger partial charge in [-0.3, -0.25) is 10.1 Å². The van der Waals surface area contributed by atoms with Gasteiger partial charge in [-0.05, 0) is 67.9 Å². The van der Waals surface area contributed by atoms with Crippen molar-refractivity contribution in [2.75, 3.05) is 5.32 Å². The van der Waals surface area contributed by atoms with Crippen LogP contribution in [0.3, 0.4) is 0 Å². The molecule has 2 aromatic rings. The van der Waals surface area contributed by atoms with Crippen molar-refractivity contribution in [3.8, 4) is 0 Å². The Kier molecular flexibility index (Phi) is 7.33. The standard InChI is InChI=1S/C25H30ClN3O3/c26-23-13-10-21(28-25(31)32-16-17-4-2-1-3-5-17)14-19(23)15-29(24(30)18-6-7-18)22-11-8-20(27)9-12-22/h1-5,10,13-14,18,20,22H,6-9,11-12,15-16,27H2,(H,28,31). The van der Waals surface area contributed by atoms with Crippen LogP contribution in [0.5, 0.6) is 0 Å². The first-order valence-corrected chi connectivity index (χ1v) is 11.7. The predicted molar refractivity (Wildman–Crippen MR) is 125 cm³/mol. The summed E-state index contributed by atoms with van der Waals surface area (Å²) in [6.07, 6.45) is 5.09. The van der Waals surface area contributed by atoms with Gasteiger partial charge in [0.05, 0.1) is 0 Å². The van der Waals surface area contributed by atoms with Crippen molar-refractivity contribution in [2.24, 2.45) is 11.7 Å². The summed E-state index contributed by atoms with van der Waals surface area (Å²) in [6.45, 7) is 0.628. The van der Waals surface area contributed by atoms with Crippen LogP contribution in [0.25, 0.3) is 0 Å². The van der Waals surface area contributed by atoms with E-state index in [0.29, 0.717) is 17.3 Å². The zero-order chi connectivity index (χ0) is 22.5. The Morgan fingerprint density at radius 1 is 1.03 bits per heavy atom. The number of benzene rings is 2. The Morgan fingerprint density at radius 2 is 1.75 bits per heavy atom. The molecule has 32 heavy (non-hydrogen) atoms. The van der Waals surface area contributed by atoms with Crippen LogP contribution in [0.4, 0.5) is 10.5 Å². The molecule has 6 nitrogen and oxygen atoms in total. The van der Waals surface area contributed by atoms with E-state index in [1.807, 2.05) is 41.3 Å². The van der Waals surface area contributed by atoms with Gasteiger partial charge in [-0.2, -0.15) is 0 Å². The smallest absolute Gasteiger partial charge is 0.411 e. The number of carbonyl (C=O) groups excluding carboxylic acids is 2. The first kappa shape index (κ1) is 22.6. The molecule has 2 amide bonds. The molecule has 0 heterocycles. The fraction of sp³-hybridized carbons (Fsp3) is 0.440. The quantitative estimate of drug-likeness (QED) is 0.608. The molecule has 7 heteroatoms.